The maximum Gasteiger partial charge on any atom is 0.260 e. The van der Waals surface area contributed by atoms with Gasteiger partial charge in [0, 0.05) is 17.1 Å². The quantitative estimate of drug-likeness (QED) is 0.557. The Bertz CT molecular complexity index is 946. The maximum atomic E-state index is 13.3. The van der Waals surface area contributed by atoms with Crippen molar-refractivity contribution in [3.63, 3.8) is 0 Å². The van der Waals surface area contributed by atoms with Crippen molar-refractivity contribution in [2.45, 2.75) is 30.8 Å². The molecule has 0 aliphatic carbocycles. The number of ether oxygens (including phenoxy) is 1. The monoisotopic (exact) mass is 398 g/mol. The van der Waals surface area contributed by atoms with Gasteiger partial charge in [-0.15, -0.1) is 11.8 Å². The fraction of sp³-hybridized carbons (Fsp3) is 0.333. The molecule has 1 aromatic heterocycles. The second kappa shape index (κ2) is 8.00. The Kier molecular flexibility index (Phi) is 5.48. The second-order valence-electron chi connectivity index (χ2n) is 6.75. The summed E-state index contributed by atoms with van der Waals surface area (Å²) < 4.78 is 6.90. The molecule has 1 atom stereocenters. The molecule has 1 fully saturated rings. The Morgan fingerprint density at radius 3 is 2.81 bits per heavy atom. The van der Waals surface area contributed by atoms with Gasteiger partial charge >= 0.3 is 0 Å². The van der Waals surface area contributed by atoms with Crippen LogP contribution in [-0.4, -0.2) is 36.4 Å². The number of carbonyl (C=O) groups is 1. The zero-order valence-electron chi connectivity index (χ0n) is 15.5. The summed E-state index contributed by atoms with van der Waals surface area (Å²) in [5.41, 5.74) is 2.81. The molecule has 1 aliphatic heterocycles. The summed E-state index contributed by atoms with van der Waals surface area (Å²) in [6, 6.07) is 14.0. The van der Waals surface area contributed by atoms with Crippen molar-refractivity contribution < 1.29 is 9.53 Å². The summed E-state index contributed by atoms with van der Waals surface area (Å²) in [5.74, 6) is -0.0195. The van der Waals surface area contributed by atoms with Crippen LogP contribution in [0.1, 0.15) is 28.8 Å². The molecule has 2 heterocycles. The number of anilines is 1. The van der Waals surface area contributed by atoms with Gasteiger partial charge in [0.1, 0.15) is 0 Å². The van der Waals surface area contributed by atoms with Crippen molar-refractivity contribution in [2.24, 2.45) is 0 Å². The molecular weight excluding hydrogens is 376 g/mol. The molecule has 3 aromatic rings. The van der Waals surface area contributed by atoms with Crippen LogP contribution in [0.5, 0.6) is 0 Å². The Balaban J connectivity index is 1.69. The minimum Gasteiger partial charge on any atom is -0.376 e. The molecule has 0 bridgehead atoms. The van der Waals surface area contributed by atoms with Crippen LogP contribution in [0.3, 0.4) is 0 Å². The molecule has 1 unspecified atom stereocenters. The van der Waals surface area contributed by atoms with Crippen LogP contribution >= 0.6 is 23.1 Å². The van der Waals surface area contributed by atoms with E-state index in [9.17, 15) is 4.79 Å². The summed E-state index contributed by atoms with van der Waals surface area (Å²) in [6.07, 6.45) is 4.14. The largest absolute Gasteiger partial charge is 0.376 e. The van der Waals surface area contributed by atoms with E-state index in [2.05, 4.69) is 19.1 Å². The number of thioether (sulfide) groups is 1. The third kappa shape index (κ3) is 4.03. The van der Waals surface area contributed by atoms with E-state index in [-0.39, 0.29) is 12.0 Å². The van der Waals surface area contributed by atoms with Crippen molar-refractivity contribution in [1.82, 2.24) is 4.98 Å². The van der Waals surface area contributed by atoms with E-state index in [0.717, 1.165) is 39.7 Å². The number of aromatic nitrogens is 1. The molecule has 27 heavy (non-hydrogen) atoms. The molecule has 4 nitrogen and oxygen atoms in total. The number of hydrogen-bond acceptors (Lipinski definition) is 5. The third-order valence-corrected chi connectivity index (χ3v) is 6.54. The number of rotatable bonds is 5. The normalized spacial score (nSPS) is 16.7. The molecule has 0 N–H and O–H groups in total. The summed E-state index contributed by atoms with van der Waals surface area (Å²) in [4.78, 5) is 21.0. The van der Waals surface area contributed by atoms with Gasteiger partial charge in [0.25, 0.3) is 5.91 Å². The molecule has 1 saturated heterocycles. The summed E-state index contributed by atoms with van der Waals surface area (Å²) >= 11 is 3.24. The standard InChI is InChI=1S/C21H22N2O2S2/c1-14-5-10-18-19(12-14)27-21(22-18)23(13-16-4-3-11-25-16)20(24)15-6-8-17(26-2)9-7-15/h5-10,12,16H,3-4,11,13H2,1-2H3. The highest BCUT2D eigenvalue weighted by atomic mass is 32.2. The first-order valence-corrected chi connectivity index (χ1v) is 11.1. The highest BCUT2D eigenvalue weighted by Crippen LogP contribution is 2.31. The predicted octanol–water partition coefficient (Wildman–Crippen LogP) is 5.15. The first-order chi connectivity index (χ1) is 13.1. The fourth-order valence-electron chi connectivity index (χ4n) is 3.26. The van der Waals surface area contributed by atoms with E-state index in [4.69, 9.17) is 9.72 Å². The van der Waals surface area contributed by atoms with Gasteiger partial charge in [-0.25, -0.2) is 4.98 Å². The minimum absolute atomic E-state index is 0.0195. The number of aryl methyl sites for hydroxylation is 1. The first kappa shape index (κ1) is 18.5. The molecular formula is C21H22N2O2S2. The van der Waals surface area contributed by atoms with E-state index in [1.807, 2.05) is 36.6 Å². The maximum absolute atomic E-state index is 13.3. The van der Waals surface area contributed by atoms with Crippen molar-refractivity contribution in [3.8, 4) is 0 Å². The SMILES string of the molecule is CSc1ccc(C(=O)N(CC2CCCO2)c2nc3ccc(C)cc3s2)cc1. The smallest absolute Gasteiger partial charge is 0.260 e. The fourth-order valence-corrected chi connectivity index (χ4v) is 4.74. The molecule has 1 aliphatic rings. The Morgan fingerprint density at radius 2 is 2.11 bits per heavy atom. The van der Waals surface area contributed by atoms with Gasteiger partial charge in [-0.3, -0.25) is 9.69 Å². The Labute approximate surface area is 167 Å². The molecule has 140 valence electrons. The van der Waals surface area contributed by atoms with Gasteiger partial charge in [0.05, 0.1) is 22.9 Å². The van der Waals surface area contributed by atoms with Crippen LogP contribution in [0.25, 0.3) is 10.2 Å². The predicted molar refractivity (Wildman–Crippen MR) is 113 cm³/mol. The molecule has 0 radical (unpaired) electrons. The van der Waals surface area contributed by atoms with Gasteiger partial charge in [-0.05, 0) is 68.0 Å². The van der Waals surface area contributed by atoms with Crippen LogP contribution in [0, 0.1) is 6.92 Å². The number of carbonyl (C=O) groups excluding carboxylic acids is 1. The lowest BCUT2D eigenvalue weighted by atomic mass is 10.2. The molecule has 4 rings (SSSR count). The summed E-state index contributed by atoms with van der Waals surface area (Å²) in [6.45, 7) is 3.39. The van der Waals surface area contributed by atoms with Crippen LogP contribution in [0.4, 0.5) is 5.13 Å². The second-order valence-corrected chi connectivity index (χ2v) is 8.64. The number of benzene rings is 2. The van der Waals surface area contributed by atoms with Gasteiger partial charge in [-0.2, -0.15) is 0 Å². The van der Waals surface area contributed by atoms with Gasteiger partial charge in [0.2, 0.25) is 0 Å². The van der Waals surface area contributed by atoms with Crippen molar-refractivity contribution in [3.05, 3.63) is 53.6 Å². The first-order valence-electron chi connectivity index (χ1n) is 9.09. The molecule has 6 heteroatoms. The number of amides is 1. The number of thiazole rings is 1. The zero-order valence-corrected chi connectivity index (χ0v) is 17.1. The summed E-state index contributed by atoms with van der Waals surface area (Å²) in [5, 5.41) is 0.741. The molecule has 2 aromatic carbocycles. The van der Waals surface area contributed by atoms with Gasteiger partial charge in [0.15, 0.2) is 5.13 Å². The average Bonchev–Trinajstić information content (AvgIpc) is 3.34. The average molecular weight is 399 g/mol. The molecule has 1 amide bonds. The lowest BCUT2D eigenvalue weighted by Crippen LogP contribution is -2.37. The zero-order chi connectivity index (χ0) is 18.8. The highest BCUT2D eigenvalue weighted by Gasteiger charge is 2.27. The molecule has 0 spiro atoms. The highest BCUT2D eigenvalue weighted by molar-refractivity contribution is 7.98. The summed E-state index contributed by atoms with van der Waals surface area (Å²) in [7, 11) is 0. The van der Waals surface area contributed by atoms with Gasteiger partial charge in [-0.1, -0.05) is 17.4 Å². The Hall–Kier alpha value is -1.89. The Morgan fingerprint density at radius 1 is 1.30 bits per heavy atom. The number of hydrogen-bond donors (Lipinski definition) is 0. The van der Waals surface area contributed by atoms with Crippen molar-refractivity contribution in [1.29, 1.82) is 0 Å². The topological polar surface area (TPSA) is 42.4 Å². The lowest BCUT2D eigenvalue weighted by Gasteiger charge is -2.23. The number of nitrogens with zero attached hydrogens (tertiary/aromatic N) is 2. The van der Waals surface area contributed by atoms with Crippen molar-refractivity contribution in [2.75, 3.05) is 24.3 Å². The minimum atomic E-state index is -0.0195. The van der Waals surface area contributed by atoms with E-state index in [1.54, 1.807) is 28.0 Å². The van der Waals surface area contributed by atoms with Crippen LogP contribution in [-0.2, 0) is 4.74 Å². The van der Waals surface area contributed by atoms with Crippen LogP contribution in [0.2, 0.25) is 0 Å². The van der Waals surface area contributed by atoms with Crippen molar-refractivity contribution >= 4 is 44.4 Å². The number of fused-ring (bicyclic) bond motifs is 1. The van der Waals surface area contributed by atoms with E-state index in [0.29, 0.717) is 12.1 Å². The van der Waals surface area contributed by atoms with E-state index in [1.165, 1.54) is 5.56 Å². The third-order valence-electron chi connectivity index (χ3n) is 4.76. The van der Waals surface area contributed by atoms with Crippen LogP contribution < -0.4 is 4.90 Å². The van der Waals surface area contributed by atoms with Crippen LogP contribution in [0.15, 0.2) is 47.4 Å². The molecule has 0 saturated carbocycles. The van der Waals surface area contributed by atoms with E-state index >= 15 is 0 Å². The van der Waals surface area contributed by atoms with Gasteiger partial charge < -0.3 is 4.74 Å². The lowest BCUT2D eigenvalue weighted by molar-refractivity contribution is 0.0917. The van der Waals surface area contributed by atoms with E-state index < -0.39 is 0 Å².